The van der Waals surface area contributed by atoms with E-state index in [2.05, 4.69) is 15.0 Å². The van der Waals surface area contributed by atoms with E-state index in [0.717, 1.165) is 16.7 Å². The first kappa shape index (κ1) is 16.4. The van der Waals surface area contributed by atoms with Gasteiger partial charge in [-0.2, -0.15) is 13.2 Å². The molecule has 0 aliphatic rings. The van der Waals surface area contributed by atoms with Gasteiger partial charge in [-0.1, -0.05) is 5.11 Å². The number of nitrogens with zero attached hydrogens (tertiary/aromatic N) is 5. The molecule has 0 aliphatic heterocycles. The van der Waals surface area contributed by atoms with Crippen LogP contribution < -0.4 is 0 Å². The van der Waals surface area contributed by atoms with Crippen LogP contribution in [0.25, 0.3) is 22.2 Å². The summed E-state index contributed by atoms with van der Waals surface area (Å²) in [7, 11) is 0. The number of aromatic nitrogens is 2. The quantitative estimate of drug-likeness (QED) is 0.283. The highest BCUT2D eigenvalue weighted by molar-refractivity contribution is 5.94. The number of halogens is 3. The van der Waals surface area contributed by atoms with Crippen molar-refractivity contribution < 1.29 is 22.7 Å². The summed E-state index contributed by atoms with van der Waals surface area (Å²) >= 11 is 0. The van der Waals surface area contributed by atoms with Crippen LogP contribution in [0.15, 0.2) is 35.3 Å². The average Bonchev–Trinajstić information content (AvgIpc) is 2.92. The number of fused-ring (bicyclic) bond motifs is 1. The lowest BCUT2D eigenvalue weighted by Crippen LogP contribution is -2.05. The second-order valence-electron chi connectivity index (χ2n) is 4.26. The Morgan fingerprint density at radius 3 is 2.91 bits per heavy atom. The topological polar surface area (TPSA) is 92.4 Å². The SMILES string of the molecule is CCOC(=O)/C(=C/c1cccn2cc(C(F)(F)F)nc12)N=[N+]=[N-]. The zero-order valence-corrected chi connectivity index (χ0v) is 11.8. The lowest BCUT2D eigenvalue weighted by molar-refractivity contribution is -0.141. The molecule has 0 saturated carbocycles. The van der Waals surface area contributed by atoms with Crippen LogP contribution in [0.2, 0.25) is 0 Å². The van der Waals surface area contributed by atoms with Gasteiger partial charge >= 0.3 is 12.1 Å². The Labute approximate surface area is 127 Å². The lowest BCUT2D eigenvalue weighted by Gasteiger charge is -2.02. The van der Waals surface area contributed by atoms with Crippen molar-refractivity contribution in [2.24, 2.45) is 5.11 Å². The minimum Gasteiger partial charge on any atom is -0.462 e. The number of azide groups is 1. The normalized spacial score (nSPS) is 12.1. The second-order valence-corrected chi connectivity index (χ2v) is 4.26. The Balaban J connectivity index is 2.57. The Bertz CT molecular complexity index is 819. The number of carbonyl (C=O) groups is 1. The van der Waals surface area contributed by atoms with Gasteiger partial charge in [0.05, 0.1) is 6.61 Å². The van der Waals surface area contributed by atoms with Crippen LogP contribution in [0.4, 0.5) is 13.2 Å². The van der Waals surface area contributed by atoms with E-state index in [0.29, 0.717) is 0 Å². The maximum Gasteiger partial charge on any atom is 0.434 e. The minimum absolute atomic E-state index is 0.0326. The van der Waals surface area contributed by atoms with Crippen molar-refractivity contribution in [3.05, 3.63) is 51.9 Å². The van der Waals surface area contributed by atoms with Crippen LogP contribution in [-0.2, 0) is 15.7 Å². The van der Waals surface area contributed by atoms with E-state index in [1.165, 1.54) is 18.3 Å². The third-order valence-corrected chi connectivity index (χ3v) is 2.73. The molecule has 2 heterocycles. The summed E-state index contributed by atoms with van der Waals surface area (Å²) in [4.78, 5) is 17.7. The number of ether oxygens (including phenoxy) is 1. The van der Waals surface area contributed by atoms with Crippen molar-refractivity contribution in [2.75, 3.05) is 6.61 Å². The fraction of sp³-hybridized carbons (Fsp3) is 0.231. The van der Waals surface area contributed by atoms with Gasteiger partial charge in [0.15, 0.2) is 5.69 Å². The monoisotopic (exact) mass is 325 g/mol. The molecule has 0 unspecified atom stereocenters. The summed E-state index contributed by atoms with van der Waals surface area (Å²) in [6.45, 7) is 1.62. The van der Waals surface area contributed by atoms with Gasteiger partial charge in [0.25, 0.3) is 0 Å². The fourth-order valence-electron chi connectivity index (χ4n) is 1.81. The molecule has 23 heavy (non-hydrogen) atoms. The zero-order valence-electron chi connectivity index (χ0n) is 11.8. The molecule has 0 saturated heterocycles. The Kier molecular flexibility index (Phi) is 4.56. The molecule has 0 amide bonds. The van der Waals surface area contributed by atoms with Gasteiger partial charge < -0.3 is 9.14 Å². The molecule has 0 atom stereocenters. The summed E-state index contributed by atoms with van der Waals surface area (Å²) < 4.78 is 44.1. The number of alkyl halides is 3. The molecule has 0 spiro atoms. The minimum atomic E-state index is -4.60. The number of imidazole rings is 1. The van der Waals surface area contributed by atoms with Crippen molar-refractivity contribution in [3.8, 4) is 0 Å². The van der Waals surface area contributed by atoms with Crippen LogP contribution in [0.3, 0.4) is 0 Å². The first-order valence-electron chi connectivity index (χ1n) is 6.35. The average molecular weight is 325 g/mol. The van der Waals surface area contributed by atoms with Crippen LogP contribution >= 0.6 is 0 Å². The van der Waals surface area contributed by atoms with E-state index in [9.17, 15) is 18.0 Å². The van der Waals surface area contributed by atoms with E-state index in [1.54, 1.807) is 6.92 Å². The molecule has 0 fully saturated rings. The molecule has 2 rings (SSSR count). The van der Waals surface area contributed by atoms with Gasteiger partial charge in [0, 0.05) is 22.9 Å². The Morgan fingerprint density at radius 1 is 1.57 bits per heavy atom. The standard InChI is InChI=1S/C13H10F3N5O2/c1-2-23-12(22)9(19-20-17)6-8-4-3-5-21-7-10(13(14,15)16)18-11(8)21/h3-7H,2H2,1H3/b9-6-. The van der Waals surface area contributed by atoms with Crippen molar-refractivity contribution in [3.63, 3.8) is 0 Å². The fourth-order valence-corrected chi connectivity index (χ4v) is 1.81. The zero-order chi connectivity index (χ0) is 17.0. The van der Waals surface area contributed by atoms with Crippen LogP contribution in [0.1, 0.15) is 18.2 Å². The number of rotatable bonds is 4. The molecule has 0 aliphatic carbocycles. The molecule has 0 bridgehead atoms. The van der Waals surface area contributed by atoms with Gasteiger partial charge in [0.2, 0.25) is 0 Å². The third-order valence-electron chi connectivity index (χ3n) is 2.73. The van der Waals surface area contributed by atoms with E-state index < -0.39 is 17.8 Å². The second kappa shape index (κ2) is 6.41. The van der Waals surface area contributed by atoms with Crippen molar-refractivity contribution >= 4 is 17.7 Å². The van der Waals surface area contributed by atoms with Gasteiger partial charge in [0.1, 0.15) is 11.3 Å². The highest BCUT2D eigenvalue weighted by Crippen LogP contribution is 2.29. The third kappa shape index (κ3) is 3.61. The predicted octanol–water partition coefficient (Wildman–Crippen LogP) is 3.57. The molecule has 0 aromatic carbocycles. The number of carbonyl (C=O) groups excluding carboxylic acids is 1. The maximum absolute atomic E-state index is 12.7. The van der Waals surface area contributed by atoms with Gasteiger partial charge in [-0.15, -0.1) is 0 Å². The molecular formula is C13H10F3N5O2. The van der Waals surface area contributed by atoms with E-state index >= 15 is 0 Å². The number of hydrogen-bond acceptors (Lipinski definition) is 4. The molecule has 2 aromatic heterocycles. The number of esters is 1. The van der Waals surface area contributed by atoms with Crippen molar-refractivity contribution in [1.29, 1.82) is 0 Å². The number of hydrogen-bond donors (Lipinski definition) is 0. The lowest BCUT2D eigenvalue weighted by atomic mass is 10.2. The summed E-state index contributed by atoms with van der Waals surface area (Å²) in [5, 5.41) is 3.21. The van der Waals surface area contributed by atoms with Crippen LogP contribution in [0.5, 0.6) is 0 Å². The highest BCUT2D eigenvalue weighted by Gasteiger charge is 2.34. The summed E-state index contributed by atoms with van der Waals surface area (Å²) in [5.41, 5.74) is 7.20. The predicted molar refractivity (Wildman–Crippen MR) is 74.0 cm³/mol. The molecular weight excluding hydrogens is 315 g/mol. The van der Waals surface area contributed by atoms with Crippen molar-refractivity contribution in [1.82, 2.24) is 9.38 Å². The van der Waals surface area contributed by atoms with Crippen LogP contribution in [0, 0.1) is 0 Å². The first-order chi connectivity index (χ1) is 10.9. The first-order valence-corrected chi connectivity index (χ1v) is 6.35. The molecule has 10 heteroatoms. The van der Waals surface area contributed by atoms with Crippen LogP contribution in [-0.4, -0.2) is 22.0 Å². The number of pyridine rings is 1. The molecule has 0 radical (unpaired) electrons. The Morgan fingerprint density at radius 2 is 2.30 bits per heavy atom. The van der Waals surface area contributed by atoms with E-state index in [1.807, 2.05) is 0 Å². The van der Waals surface area contributed by atoms with Gasteiger partial charge in [-0.25, -0.2) is 9.78 Å². The smallest absolute Gasteiger partial charge is 0.434 e. The van der Waals surface area contributed by atoms with E-state index in [4.69, 9.17) is 10.3 Å². The molecule has 7 nitrogen and oxygen atoms in total. The summed E-state index contributed by atoms with van der Waals surface area (Å²) in [6, 6.07) is 2.91. The summed E-state index contributed by atoms with van der Waals surface area (Å²) in [5.74, 6) is -0.880. The van der Waals surface area contributed by atoms with Gasteiger partial charge in [-0.05, 0) is 30.7 Å². The summed E-state index contributed by atoms with van der Waals surface area (Å²) in [6.07, 6.45) is -1.27. The van der Waals surface area contributed by atoms with Gasteiger partial charge in [-0.3, -0.25) is 0 Å². The van der Waals surface area contributed by atoms with Crippen molar-refractivity contribution in [2.45, 2.75) is 13.1 Å². The van der Waals surface area contributed by atoms with E-state index in [-0.39, 0.29) is 23.5 Å². The highest BCUT2D eigenvalue weighted by atomic mass is 19.4. The Hall–Kier alpha value is -3.00. The molecule has 120 valence electrons. The largest absolute Gasteiger partial charge is 0.462 e. The molecule has 2 aromatic rings. The molecule has 0 N–H and O–H groups in total. The maximum atomic E-state index is 12.7.